The van der Waals surface area contributed by atoms with E-state index in [1.54, 1.807) is 12.3 Å². The van der Waals surface area contributed by atoms with Gasteiger partial charge in [-0.1, -0.05) is 20.8 Å². The Morgan fingerprint density at radius 2 is 1.79 bits per heavy atom. The summed E-state index contributed by atoms with van der Waals surface area (Å²) in [5.41, 5.74) is 1.17. The normalized spacial score (nSPS) is 18.2. The summed E-state index contributed by atoms with van der Waals surface area (Å²) in [6.07, 6.45) is -2.99. The molecule has 2 aromatic heterocycles. The van der Waals surface area contributed by atoms with Crippen LogP contribution in [0.25, 0.3) is 16.7 Å². The highest BCUT2D eigenvalue weighted by Gasteiger charge is 2.43. The lowest BCUT2D eigenvalue weighted by Crippen LogP contribution is -2.50. The molecule has 9 nitrogen and oxygen atoms in total. The Balaban J connectivity index is 1.59. The molecule has 1 aliphatic carbocycles. The highest BCUT2D eigenvalue weighted by molar-refractivity contribution is 6.74. The summed E-state index contributed by atoms with van der Waals surface area (Å²) in [6.45, 7) is 10.9. The van der Waals surface area contributed by atoms with Crippen LogP contribution in [0.5, 0.6) is 11.5 Å². The molecule has 2 heterocycles. The molecule has 0 radical (unpaired) electrons. The van der Waals surface area contributed by atoms with Gasteiger partial charge in [-0.05, 0) is 48.5 Å². The molecular weight excluding hydrogens is 521 g/mol. The average Bonchev–Trinajstić information content (AvgIpc) is 3.14. The number of aromatic nitrogens is 3. The molecule has 1 saturated carbocycles. The second-order valence-electron chi connectivity index (χ2n) is 10.8. The first-order chi connectivity index (χ1) is 17.6. The zero-order chi connectivity index (χ0) is 27.9. The number of pyridine rings is 1. The van der Waals surface area contributed by atoms with E-state index < -0.39 is 20.8 Å². The smallest absolute Gasteiger partial charge is 0.489 e. The lowest BCUT2D eigenvalue weighted by atomic mass is 9.92. The van der Waals surface area contributed by atoms with E-state index in [1.165, 1.54) is 28.9 Å². The van der Waals surface area contributed by atoms with Gasteiger partial charge in [0.05, 0.1) is 29.4 Å². The maximum atomic E-state index is 12.5. The number of ether oxygens (including phenoxy) is 2. The number of hydrogen-bond donors (Lipinski definition) is 2. The number of carbonyl (C=O) groups is 1. The fourth-order valence-corrected chi connectivity index (χ4v) is 5.30. The maximum absolute atomic E-state index is 12.5. The van der Waals surface area contributed by atoms with Gasteiger partial charge in [0.1, 0.15) is 17.6 Å². The van der Waals surface area contributed by atoms with Crippen molar-refractivity contribution >= 4 is 25.4 Å². The van der Waals surface area contributed by atoms with E-state index in [2.05, 4.69) is 54.0 Å². The summed E-state index contributed by atoms with van der Waals surface area (Å²) in [6, 6.07) is 6.85. The van der Waals surface area contributed by atoms with Crippen LogP contribution in [-0.2, 0) is 11.0 Å². The molecule has 13 heteroatoms. The van der Waals surface area contributed by atoms with Crippen LogP contribution in [0.15, 0.2) is 36.5 Å². The van der Waals surface area contributed by atoms with Crippen LogP contribution in [0.3, 0.4) is 0 Å². The van der Waals surface area contributed by atoms with E-state index in [9.17, 15) is 18.0 Å². The molecule has 1 amide bonds. The fourth-order valence-electron chi connectivity index (χ4n) is 3.92. The van der Waals surface area contributed by atoms with E-state index in [-0.39, 0.29) is 29.5 Å². The molecule has 0 spiro atoms. The molecular formula is C25H31F3N4O5Si. The van der Waals surface area contributed by atoms with Crippen LogP contribution in [0.1, 0.15) is 39.3 Å². The lowest BCUT2D eigenvalue weighted by molar-refractivity contribution is -0.274. The maximum Gasteiger partial charge on any atom is 0.573 e. The minimum absolute atomic E-state index is 0.0854. The third-order valence-corrected chi connectivity index (χ3v) is 11.5. The van der Waals surface area contributed by atoms with Gasteiger partial charge in [-0.25, -0.2) is 14.5 Å². The van der Waals surface area contributed by atoms with E-state index >= 15 is 0 Å². The molecule has 1 fully saturated rings. The van der Waals surface area contributed by atoms with Crippen LogP contribution in [0.4, 0.5) is 18.0 Å². The van der Waals surface area contributed by atoms with Crippen molar-refractivity contribution in [2.24, 2.45) is 0 Å². The molecule has 1 aliphatic rings. The third kappa shape index (κ3) is 6.21. The van der Waals surface area contributed by atoms with E-state index in [4.69, 9.17) is 14.3 Å². The second kappa shape index (κ2) is 10.1. The second-order valence-corrected chi connectivity index (χ2v) is 15.5. The van der Waals surface area contributed by atoms with Crippen molar-refractivity contribution in [1.29, 1.82) is 0 Å². The van der Waals surface area contributed by atoms with E-state index in [0.29, 0.717) is 28.2 Å². The van der Waals surface area contributed by atoms with Gasteiger partial charge in [0.25, 0.3) is 0 Å². The lowest BCUT2D eigenvalue weighted by Gasteiger charge is -2.44. The number of carboxylic acid groups (broad SMARTS) is 1. The monoisotopic (exact) mass is 552 g/mol. The molecule has 0 unspecified atom stereocenters. The summed E-state index contributed by atoms with van der Waals surface area (Å²) < 4.78 is 55.7. The van der Waals surface area contributed by atoms with Crippen LogP contribution in [0.2, 0.25) is 18.1 Å². The van der Waals surface area contributed by atoms with Gasteiger partial charge < -0.3 is 24.3 Å². The highest BCUT2D eigenvalue weighted by Crippen LogP contribution is 2.41. The molecule has 0 atom stereocenters. The van der Waals surface area contributed by atoms with Crippen molar-refractivity contribution in [2.45, 2.75) is 76.9 Å². The number of amides is 1. The molecule has 4 rings (SSSR count). The van der Waals surface area contributed by atoms with Gasteiger partial charge in [0, 0.05) is 19.0 Å². The van der Waals surface area contributed by atoms with Crippen molar-refractivity contribution < 1.29 is 37.0 Å². The predicted octanol–water partition coefficient (Wildman–Crippen LogP) is 6.02. The molecule has 2 N–H and O–H groups in total. The number of nitrogens with zero attached hydrogens (tertiary/aromatic N) is 3. The van der Waals surface area contributed by atoms with Gasteiger partial charge in [-0.3, -0.25) is 0 Å². The Morgan fingerprint density at radius 1 is 1.13 bits per heavy atom. The Bertz CT molecular complexity index is 1300. The van der Waals surface area contributed by atoms with Crippen LogP contribution in [-0.4, -0.2) is 52.9 Å². The molecule has 0 bridgehead atoms. The van der Waals surface area contributed by atoms with Crippen molar-refractivity contribution in [3.63, 3.8) is 0 Å². The Hall–Kier alpha value is -3.32. The van der Waals surface area contributed by atoms with Gasteiger partial charge in [-0.15, -0.1) is 13.2 Å². The number of benzene rings is 1. The minimum atomic E-state index is -4.81. The van der Waals surface area contributed by atoms with Gasteiger partial charge in [-0.2, -0.15) is 5.10 Å². The molecule has 38 heavy (non-hydrogen) atoms. The fraction of sp³-hybridized carbons (Fsp3) is 0.480. The number of halogens is 3. The Kier molecular flexibility index (Phi) is 7.36. The first-order valence-corrected chi connectivity index (χ1v) is 15.1. The number of fused-ring (bicyclic) bond motifs is 1. The summed E-state index contributed by atoms with van der Waals surface area (Å²) >= 11 is 0. The number of hydrogen-bond acceptors (Lipinski definition) is 6. The van der Waals surface area contributed by atoms with Gasteiger partial charge in [0.15, 0.2) is 14.0 Å². The van der Waals surface area contributed by atoms with Crippen molar-refractivity contribution in [3.8, 4) is 17.2 Å². The predicted molar refractivity (Wildman–Crippen MR) is 136 cm³/mol. The van der Waals surface area contributed by atoms with E-state index in [0.717, 1.165) is 12.8 Å². The molecule has 1 aromatic carbocycles. The Labute approximate surface area is 219 Å². The molecule has 0 saturated heterocycles. The largest absolute Gasteiger partial charge is 0.573 e. The van der Waals surface area contributed by atoms with Gasteiger partial charge >= 0.3 is 12.5 Å². The van der Waals surface area contributed by atoms with Crippen molar-refractivity contribution in [3.05, 3.63) is 42.2 Å². The average molecular weight is 553 g/mol. The van der Waals surface area contributed by atoms with Gasteiger partial charge in [0.2, 0.25) is 0 Å². The standard InChI is InChI=1S/C25H31F3N4O5Si/c1-24(2,3)38(4,5)37-18-12-17(13-18)35-20-10-11-29-22-21(20)19(14-30-23(33)34)31-32(22)15-6-8-16(9-7-15)36-25(26,27)28/h6-11,17-18,30H,12-14H2,1-5H3,(H,33,34)/t17-,18+. The molecule has 0 aliphatic heterocycles. The third-order valence-electron chi connectivity index (χ3n) is 6.94. The van der Waals surface area contributed by atoms with Crippen molar-refractivity contribution in [2.75, 3.05) is 0 Å². The summed E-state index contributed by atoms with van der Waals surface area (Å²) in [5, 5.41) is 16.6. The topological polar surface area (TPSA) is 108 Å². The van der Waals surface area contributed by atoms with Crippen LogP contribution < -0.4 is 14.8 Å². The zero-order valence-corrected chi connectivity index (χ0v) is 22.8. The number of rotatable bonds is 8. The highest BCUT2D eigenvalue weighted by atomic mass is 28.4. The summed E-state index contributed by atoms with van der Waals surface area (Å²) in [5.74, 6) is 0.123. The SMILES string of the molecule is CC(C)(C)[Si](C)(C)O[C@H]1C[C@@H](Oc2ccnc3c2c(CNC(=O)O)nn3-c2ccc(OC(F)(F)F)cc2)C1. The Morgan fingerprint density at radius 3 is 2.37 bits per heavy atom. The van der Waals surface area contributed by atoms with E-state index in [1.807, 2.05) is 0 Å². The first-order valence-electron chi connectivity index (χ1n) is 12.2. The van der Waals surface area contributed by atoms with Crippen molar-refractivity contribution in [1.82, 2.24) is 20.1 Å². The molecule has 3 aromatic rings. The number of nitrogens with one attached hydrogen (secondary N) is 1. The molecule has 206 valence electrons. The number of alkyl halides is 3. The first kappa shape index (κ1) is 27.7. The van der Waals surface area contributed by atoms with Crippen LogP contribution >= 0.6 is 0 Å². The van der Waals surface area contributed by atoms with Crippen LogP contribution in [0, 0.1) is 0 Å². The quantitative estimate of drug-likeness (QED) is 0.329. The zero-order valence-electron chi connectivity index (χ0n) is 21.8. The summed E-state index contributed by atoms with van der Waals surface area (Å²) in [7, 11) is -1.90. The minimum Gasteiger partial charge on any atom is -0.489 e. The summed E-state index contributed by atoms with van der Waals surface area (Å²) in [4.78, 5) is 15.6.